The number of carbonyl (C=O) groups is 1. The van der Waals surface area contributed by atoms with Crippen LogP contribution >= 0.6 is 0 Å². The SMILES string of the molecule is C=C[C@H]1C[NH+]2CC[C@H]1C[C@@H]2CNC(=O)c1cc(OC)c(OC)c(OC)c1. The third-order valence-corrected chi connectivity index (χ3v) is 5.84. The number of amides is 1. The van der Waals surface area contributed by atoms with Crippen molar-refractivity contribution in [3.8, 4) is 17.2 Å². The molecule has 0 aromatic heterocycles. The van der Waals surface area contributed by atoms with Gasteiger partial charge in [-0.2, -0.15) is 0 Å². The van der Waals surface area contributed by atoms with Gasteiger partial charge in [0.2, 0.25) is 5.75 Å². The van der Waals surface area contributed by atoms with E-state index in [1.165, 1.54) is 13.0 Å². The Hall–Kier alpha value is -2.21. The fraction of sp³-hybridized carbons (Fsp3) is 0.550. The molecule has 0 aliphatic carbocycles. The largest absolute Gasteiger partial charge is 0.493 e. The molecule has 26 heavy (non-hydrogen) atoms. The van der Waals surface area contributed by atoms with Gasteiger partial charge in [-0.15, -0.1) is 6.58 Å². The van der Waals surface area contributed by atoms with Crippen LogP contribution in [0.1, 0.15) is 23.2 Å². The molecule has 142 valence electrons. The summed E-state index contributed by atoms with van der Waals surface area (Å²) in [6.07, 6.45) is 4.53. The van der Waals surface area contributed by atoms with Gasteiger partial charge in [0, 0.05) is 24.3 Å². The summed E-state index contributed by atoms with van der Waals surface area (Å²) >= 11 is 0. The minimum atomic E-state index is -0.119. The van der Waals surface area contributed by atoms with E-state index in [1.807, 2.05) is 0 Å². The van der Waals surface area contributed by atoms with Crippen LogP contribution in [0.2, 0.25) is 0 Å². The van der Waals surface area contributed by atoms with Crippen molar-refractivity contribution >= 4 is 5.91 Å². The average molecular weight is 361 g/mol. The first-order valence-electron chi connectivity index (χ1n) is 9.16. The van der Waals surface area contributed by atoms with E-state index < -0.39 is 0 Å². The van der Waals surface area contributed by atoms with Gasteiger partial charge in [-0.3, -0.25) is 4.79 Å². The van der Waals surface area contributed by atoms with Crippen LogP contribution in [0.25, 0.3) is 0 Å². The topological polar surface area (TPSA) is 61.2 Å². The molecule has 1 unspecified atom stereocenters. The maximum atomic E-state index is 12.7. The lowest BCUT2D eigenvalue weighted by Crippen LogP contribution is -3.20. The second-order valence-corrected chi connectivity index (χ2v) is 7.12. The Kier molecular flexibility index (Phi) is 5.71. The normalized spacial score (nSPS) is 26.9. The van der Waals surface area contributed by atoms with Crippen molar-refractivity contribution in [2.24, 2.45) is 11.8 Å². The maximum absolute atomic E-state index is 12.7. The molecule has 4 rings (SSSR count). The smallest absolute Gasteiger partial charge is 0.251 e. The van der Waals surface area contributed by atoms with Gasteiger partial charge in [-0.05, 0) is 18.1 Å². The Bertz CT molecular complexity index is 651. The summed E-state index contributed by atoms with van der Waals surface area (Å²) in [6.45, 7) is 6.99. The fourth-order valence-electron chi connectivity index (χ4n) is 4.39. The zero-order chi connectivity index (χ0) is 18.7. The van der Waals surface area contributed by atoms with E-state index in [9.17, 15) is 4.79 Å². The molecule has 6 heteroatoms. The summed E-state index contributed by atoms with van der Waals surface area (Å²) < 4.78 is 16.0. The molecule has 3 aliphatic rings. The molecule has 1 aromatic carbocycles. The van der Waals surface area contributed by atoms with Crippen LogP contribution in [-0.4, -0.2) is 52.9 Å². The number of hydrogen-bond donors (Lipinski definition) is 2. The van der Waals surface area contributed by atoms with E-state index in [2.05, 4.69) is 18.0 Å². The second kappa shape index (κ2) is 7.99. The lowest BCUT2D eigenvalue weighted by atomic mass is 9.75. The van der Waals surface area contributed by atoms with Crippen molar-refractivity contribution in [3.63, 3.8) is 0 Å². The number of benzene rings is 1. The average Bonchev–Trinajstić information content (AvgIpc) is 2.70. The molecule has 1 amide bonds. The van der Waals surface area contributed by atoms with Crippen LogP contribution in [0.15, 0.2) is 24.8 Å². The number of rotatable bonds is 7. The highest BCUT2D eigenvalue weighted by Crippen LogP contribution is 2.38. The van der Waals surface area contributed by atoms with E-state index in [0.29, 0.717) is 47.2 Å². The van der Waals surface area contributed by atoms with Crippen molar-refractivity contribution in [2.45, 2.75) is 18.9 Å². The minimum Gasteiger partial charge on any atom is -0.493 e. The van der Waals surface area contributed by atoms with Crippen molar-refractivity contribution in [1.82, 2.24) is 5.32 Å². The van der Waals surface area contributed by atoms with Crippen LogP contribution in [0.4, 0.5) is 0 Å². The summed E-state index contributed by atoms with van der Waals surface area (Å²) in [7, 11) is 4.64. The molecule has 4 atom stereocenters. The number of nitrogens with one attached hydrogen (secondary N) is 2. The Morgan fingerprint density at radius 3 is 2.46 bits per heavy atom. The van der Waals surface area contributed by atoms with Gasteiger partial charge in [-0.25, -0.2) is 0 Å². The number of carbonyl (C=O) groups excluding carboxylic acids is 1. The van der Waals surface area contributed by atoms with Crippen LogP contribution in [0, 0.1) is 11.8 Å². The molecule has 1 aromatic rings. The molecule has 6 nitrogen and oxygen atoms in total. The van der Waals surface area contributed by atoms with Crippen molar-refractivity contribution < 1.29 is 23.9 Å². The van der Waals surface area contributed by atoms with Crippen molar-refractivity contribution in [3.05, 3.63) is 30.4 Å². The highest BCUT2D eigenvalue weighted by molar-refractivity contribution is 5.95. The number of ether oxygens (including phenoxy) is 3. The molecule has 0 saturated carbocycles. The van der Waals surface area contributed by atoms with Crippen LogP contribution in [0.3, 0.4) is 0 Å². The third kappa shape index (κ3) is 3.51. The molecule has 0 spiro atoms. The van der Waals surface area contributed by atoms with Crippen LogP contribution in [-0.2, 0) is 0 Å². The standard InChI is InChI=1S/C20H28N2O4/c1-5-13-12-22-7-6-14(13)8-16(22)11-21-20(23)15-9-17(24-2)19(26-4)18(10-15)25-3/h5,9-10,13-14,16H,1,6-8,11-12H2,2-4H3,(H,21,23)/p+1/t13-,14-,16+/m0/s1. The lowest BCUT2D eigenvalue weighted by Gasteiger charge is -2.46. The third-order valence-electron chi connectivity index (χ3n) is 5.84. The number of hydrogen-bond acceptors (Lipinski definition) is 4. The Balaban J connectivity index is 1.66. The first-order chi connectivity index (χ1) is 12.6. The number of quaternary nitrogens is 1. The van der Waals surface area contributed by atoms with E-state index >= 15 is 0 Å². The quantitative estimate of drug-likeness (QED) is 0.709. The first-order valence-corrected chi connectivity index (χ1v) is 9.16. The Labute approximate surface area is 155 Å². The summed E-state index contributed by atoms with van der Waals surface area (Å²) in [4.78, 5) is 14.2. The van der Waals surface area contributed by atoms with Crippen LogP contribution < -0.4 is 24.4 Å². The van der Waals surface area contributed by atoms with Crippen molar-refractivity contribution in [2.75, 3.05) is 41.0 Å². The zero-order valence-electron chi connectivity index (χ0n) is 15.8. The van der Waals surface area contributed by atoms with E-state index in [-0.39, 0.29) is 5.91 Å². The molecule has 3 fully saturated rings. The Morgan fingerprint density at radius 1 is 1.27 bits per heavy atom. The fourth-order valence-corrected chi connectivity index (χ4v) is 4.39. The van der Waals surface area contributed by atoms with E-state index in [4.69, 9.17) is 14.2 Å². The van der Waals surface area contributed by atoms with Gasteiger partial charge >= 0.3 is 0 Å². The monoisotopic (exact) mass is 361 g/mol. The van der Waals surface area contributed by atoms with E-state index in [0.717, 1.165) is 13.0 Å². The van der Waals surface area contributed by atoms with E-state index in [1.54, 1.807) is 38.4 Å². The minimum absolute atomic E-state index is 0.119. The molecule has 3 saturated heterocycles. The molecule has 3 heterocycles. The predicted molar refractivity (Wildman–Crippen MR) is 99.3 cm³/mol. The highest BCUT2D eigenvalue weighted by Gasteiger charge is 2.42. The molecular weight excluding hydrogens is 332 g/mol. The predicted octanol–water partition coefficient (Wildman–Crippen LogP) is 0.922. The maximum Gasteiger partial charge on any atom is 0.251 e. The zero-order valence-corrected chi connectivity index (χ0v) is 15.8. The molecular formula is C20H29N2O4+. The van der Waals surface area contributed by atoms with Gasteiger partial charge in [-0.1, -0.05) is 6.08 Å². The summed E-state index contributed by atoms with van der Waals surface area (Å²) in [5.41, 5.74) is 0.509. The molecule has 0 radical (unpaired) electrons. The summed E-state index contributed by atoms with van der Waals surface area (Å²) in [6, 6.07) is 3.85. The first kappa shape index (κ1) is 18.6. The van der Waals surface area contributed by atoms with Gasteiger partial charge in [0.1, 0.15) is 6.04 Å². The van der Waals surface area contributed by atoms with Gasteiger partial charge < -0.3 is 24.4 Å². The summed E-state index contributed by atoms with van der Waals surface area (Å²) in [5, 5.41) is 3.09. The highest BCUT2D eigenvalue weighted by atomic mass is 16.5. The Morgan fingerprint density at radius 2 is 1.96 bits per heavy atom. The van der Waals surface area contributed by atoms with Crippen molar-refractivity contribution in [1.29, 1.82) is 0 Å². The molecule has 2 N–H and O–H groups in total. The van der Waals surface area contributed by atoms with Gasteiger partial charge in [0.05, 0.1) is 41.0 Å². The number of methoxy groups -OCH3 is 3. The van der Waals surface area contributed by atoms with Gasteiger partial charge in [0.15, 0.2) is 11.5 Å². The van der Waals surface area contributed by atoms with Crippen LogP contribution in [0.5, 0.6) is 17.2 Å². The summed E-state index contributed by atoms with van der Waals surface area (Å²) in [5.74, 6) is 2.68. The lowest BCUT2D eigenvalue weighted by molar-refractivity contribution is -0.944. The van der Waals surface area contributed by atoms with Gasteiger partial charge in [0.25, 0.3) is 5.91 Å². The number of piperidine rings is 3. The number of fused-ring (bicyclic) bond motifs is 3. The molecule has 3 aliphatic heterocycles. The second-order valence-electron chi connectivity index (χ2n) is 7.12. The molecule has 2 bridgehead atoms.